The molecule has 0 unspecified atom stereocenters. The molecule has 102 valence electrons. The van der Waals surface area contributed by atoms with Crippen molar-refractivity contribution in [3.63, 3.8) is 0 Å². The first-order valence-corrected chi connectivity index (χ1v) is 6.62. The van der Waals surface area contributed by atoms with Crippen molar-refractivity contribution in [2.75, 3.05) is 0 Å². The molecule has 0 aliphatic carbocycles. The molecular weight excluding hydrogens is 278 g/mol. The molecule has 1 aromatic carbocycles. The fourth-order valence-electron chi connectivity index (χ4n) is 1.83. The van der Waals surface area contributed by atoms with Gasteiger partial charge in [-0.3, -0.25) is 0 Å². The summed E-state index contributed by atoms with van der Waals surface area (Å²) >= 11 is 5.67. The Morgan fingerprint density at radius 3 is 2.90 bits per heavy atom. The number of hydrogen-bond acceptors (Lipinski definition) is 5. The number of alkyl halides is 1. The van der Waals surface area contributed by atoms with Crippen molar-refractivity contribution < 1.29 is 4.42 Å². The minimum Gasteiger partial charge on any atom is -0.419 e. The highest BCUT2D eigenvalue weighted by Gasteiger charge is 2.10. The van der Waals surface area contributed by atoms with Crippen molar-refractivity contribution in [1.82, 2.24) is 25.2 Å². The first-order chi connectivity index (χ1) is 9.74. The van der Waals surface area contributed by atoms with Crippen molar-refractivity contribution in [2.45, 2.75) is 19.3 Å². The summed E-state index contributed by atoms with van der Waals surface area (Å²) in [6.07, 6.45) is 1.75. The highest BCUT2D eigenvalue weighted by molar-refractivity contribution is 6.16. The van der Waals surface area contributed by atoms with Crippen LogP contribution in [-0.2, 0) is 12.4 Å². The van der Waals surface area contributed by atoms with Gasteiger partial charge in [0.1, 0.15) is 6.54 Å². The monoisotopic (exact) mass is 289 g/mol. The van der Waals surface area contributed by atoms with Gasteiger partial charge in [0.2, 0.25) is 11.8 Å². The Morgan fingerprint density at radius 2 is 2.15 bits per heavy atom. The summed E-state index contributed by atoms with van der Waals surface area (Å²) in [5, 5.41) is 15.9. The van der Waals surface area contributed by atoms with Gasteiger partial charge in [0.25, 0.3) is 0 Å². The molecule has 2 heterocycles. The lowest BCUT2D eigenvalue weighted by molar-refractivity contribution is 0.469. The van der Waals surface area contributed by atoms with Gasteiger partial charge < -0.3 is 4.42 Å². The fourth-order valence-corrected chi connectivity index (χ4v) is 1.95. The summed E-state index contributed by atoms with van der Waals surface area (Å²) in [6, 6.07) is 7.91. The van der Waals surface area contributed by atoms with Gasteiger partial charge in [-0.25, -0.2) is 4.68 Å². The molecule has 0 amide bonds. The van der Waals surface area contributed by atoms with E-state index in [1.165, 1.54) is 0 Å². The van der Waals surface area contributed by atoms with Crippen LogP contribution in [-0.4, -0.2) is 25.2 Å². The van der Waals surface area contributed by atoms with Crippen LogP contribution in [0.1, 0.15) is 17.1 Å². The maximum absolute atomic E-state index is 5.67. The molecule has 0 N–H and O–H groups in total. The number of rotatable bonds is 4. The van der Waals surface area contributed by atoms with Crippen LogP contribution in [0.3, 0.4) is 0 Å². The number of benzene rings is 1. The van der Waals surface area contributed by atoms with Gasteiger partial charge in [0.05, 0.1) is 17.8 Å². The molecule has 3 aromatic rings. The second-order valence-electron chi connectivity index (χ2n) is 4.41. The van der Waals surface area contributed by atoms with Crippen LogP contribution in [0.25, 0.3) is 11.5 Å². The molecule has 0 saturated heterocycles. The normalized spacial score (nSPS) is 10.9. The summed E-state index contributed by atoms with van der Waals surface area (Å²) in [4.78, 5) is 0. The molecule has 0 fully saturated rings. The third-order valence-electron chi connectivity index (χ3n) is 2.75. The van der Waals surface area contributed by atoms with Crippen molar-refractivity contribution >= 4 is 11.6 Å². The molecule has 0 bridgehead atoms. The van der Waals surface area contributed by atoms with E-state index in [1.807, 2.05) is 31.2 Å². The van der Waals surface area contributed by atoms with Gasteiger partial charge in [-0.2, -0.15) is 0 Å². The Bertz CT molecular complexity index is 721. The molecule has 0 aliphatic heterocycles. The summed E-state index contributed by atoms with van der Waals surface area (Å²) in [6.45, 7) is 2.40. The van der Waals surface area contributed by atoms with Gasteiger partial charge >= 0.3 is 0 Å². The van der Waals surface area contributed by atoms with E-state index in [0.717, 1.165) is 11.1 Å². The largest absolute Gasteiger partial charge is 0.419 e. The van der Waals surface area contributed by atoms with Crippen LogP contribution >= 0.6 is 11.6 Å². The maximum atomic E-state index is 5.67. The minimum absolute atomic E-state index is 0.332. The van der Waals surface area contributed by atoms with E-state index >= 15 is 0 Å². The predicted octanol–water partition coefficient (Wildman–Crippen LogP) is 2.42. The molecule has 6 nitrogen and oxygen atoms in total. The molecule has 0 aliphatic rings. The Hall–Kier alpha value is -2.21. The molecule has 0 spiro atoms. The maximum Gasteiger partial charge on any atom is 0.247 e. The summed E-state index contributed by atoms with van der Waals surface area (Å²) in [7, 11) is 0. The van der Waals surface area contributed by atoms with Gasteiger partial charge in [-0.1, -0.05) is 22.9 Å². The molecule has 0 saturated carbocycles. The number of aryl methyl sites for hydroxylation is 1. The fraction of sp³-hybridized carbons (Fsp3) is 0.231. The molecule has 7 heteroatoms. The SMILES string of the molecule is Cc1cccc(-c2nnc(Cn3cc(CCl)nn3)o2)c1. The lowest BCUT2D eigenvalue weighted by Gasteiger charge is -1.96. The molecule has 0 atom stereocenters. The number of halogens is 1. The van der Waals surface area contributed by atoms with E-state index in [1.54, 1.807) is 10.9 Å². The molecule has 20 heavy (non-hydrogen) atoms. The third-order valence-corrected chi connectivity index (χ3v) is 3.03. The predicted molar refractivity (Wildman–Crippen MR) is 73.2 cm³/mol. The van der Waals surface area contributed by atoms with Gasteiger partial charge in [-0.15, -0.1) is 26.9 Å². The van der Waals surface area contributed by atoms with E-state index in [4.69, 9.17) is 16.0 Å². The lowest BCUT2D eigenvalue weighted by Crippen LogP contribution is -2.00. The summed E-state index contributed by atoms with van der Waals surface area (Å²) < 4.78 is 7.24. The standard InChI is InChI=1S/C13H12ClN5O/c1-9-3-2-4-10(5-9)13-17-16-12(20-13)8-19-7-11(6-14)15-18-19/h2-5,7H,6,8H2,1H3. The average Bonchev–Trinajstić information content (AvgIpc) is 3.08. The van der Waals surface area contributed by atoms with Gasteiger partial charge in [-0.05, 0) is 19.1 Å². The zero-order valence-corrected chi connectivity index (χ0v) is 11.6. The summed E-state index contributed by atoms with van der Waals surface area (Å²) in [5.74, 6) is 1.31. The highest BCUT2D eigenvalue weighted by atomic mass is 35.5. The Labute approximate surface area is 120 Å². The Kier molecular flexibility index (Phi) is 3.47. The van der Waals surface area contributed by atoms with Crippen LogP contribution in [0.15, 0.2) is 34.9 Å². The van der Waals surface area contributed by atoms with Gasteiger partial charge in [0, 0.05) is 5.56 Å². The molecular formula is C13H12ClN5O. The van der Waals surface area contributed by atoms with Crippen molar-refractivity contribution in [1.29, 1.82) is 0 Å². The second kappa shape index (κ2) is 5.42. The van der Waals surface area contributed by atoms with E-state index in [2.05, 4.69) is 20.5 Å². The van der Waals surface area contributed by atoms with E-state index in [-0.39, 0.29) is 0 Å². The third kappa shape index (κ3) is 2.70. The van der Waals surface area contributed by atoms with Crippen LogP contribution in [0.5, 0.6) is 0 Å². The first kappa shape index (κ1) is 12.8. The minimum atomic E-state index is 0.332. The van der Waals surface area contributed by atoms with Crippen molar-refractivity contribution in [2.24, 2.45) is 0 Å². The smallest absolute Gasteiger partial charge is 0.247 e. The van der Waals surface area contributed by atoms with E-state index in [9.17, 15) is 0 Å². The molecule has 3 rings (SSSR count). The van der Waals surface area contributed by atoms with E-state index < -0.39 is 0 Å². The van der Waals surface area contributed by atoms with Crippen LogP contribution in [0.4, 0.5) is 0 Å². The summed E-state index contributed by atoms with van der Waals surface area (Å²) in [5.41, 5.74) is 2.76. The topological polar surface area (TPSA) is 69.6 Å². The first-order valence-electron chi connectivity index (χ1n) is 6.09. The quantitative estimate of drug-likeness (QED) is 0.690. The number of hydrogen-bond donors (Lipinski definition) is 0. The lowest BCUT2D eigenvalue weighted by atomic mass is 10.1. The Balaban J connectivity index is 1.80. The average molecular weight is 290 g/mol. The Morgan fingerprint density at radius 1 is 1.25 bits per heavy atom. The van der Waals surface area contributed by atoms with Crippen LogP contribution in [0, 0.1) is 6.92 Å². The highest BCUT2D eigenvalue weighted by Crippen LogP contribution is 2.19. The van der Waals surface area contributed by atoms with Crippen LogP contribution in [0.2, 0.25) is 0 Å². The number of aromatic nitrogens is 5. The van der Waals surface area contributed by atoms with Crippen molar-refractivity contribution in [3.8, 4) is 11.5 Å². The zero-order valence-electron chi connectivity index (χ0n) is 10.8. The van der Waals surface area contributed by atoms with Crippen LogP contribution < -0.4 is 0 Å². The number of nitrogens with zero attached hydrogens (tertiary/aromatic N) is 5. The van der Waals surface area contributed by atoms with E-state index in [0.29, 0.717) is 29.9 Å². The van der Waals surface area contributed by atoms with Gasteiger partial charge in [0.15, 0.2) is 0 Å². The zero-order chi connectivity index (χ0) is 13.9. The molecule has 2 aromatic heterocycles. The van der Waals surface area contributed by atoms with Crippen molar-refractivity contribution in [3.05, 3.63) is 47.6 Å². The molecule has 0 radical (unpaired) electrons. The second-order valence-corrected chi connectivity index (χ2v) is 4.68.